The van der Waals surface area contributed by atoms with Crippen molar-refractivity contribution in [2.45, 2.75) is 33.2 Å². The van der Waals surface area contributed by atoms with Crippen molar-refractivity contribution in [1.29, 1.82) is 0 Å². The molecule has 1 fully saturated rings. The van der Waals surface area contributed by atoms with Crippen molar-refractivity contribution in [3.63, 3.8) is 0 Å². The van der Waals surface area contributed by atoms with Crippen molar-refractivity contribution in [3.05, 3.63) is 18.1 Å². The zero-order chi connectivity index (χ0) is 11.8. The summed E-state index contributed by atoms with van der Waals surface area (Å²) in [4.78, 5) is 11.0. The minimum Gasteiger partial charge on any atom is -0.354 e. The normalized spacial score (nSPS) is 24.5. The van der Waals surface area contributed by atoms with E-state index >= 15 is 0 Å². The average Bonchev–Trinajstić information content (AvgIpc) is 2.23. The highest BCUT2D eigenvalue weighted by Crippen LogP contribution is 2.30. The molecule has 4 heteroatoms. The summed E-state index contributed by atoms with van der Waals surface area (Å²) in [7, 11) is 0. The van der Waals surface area contributed by atoms with Gasteiger partial charge in [-0.2, -0.15) is 0 Å². The summed E-state index contributed by atoms with van der Waals surface area (Å²) in [6.45, 7) is 8.37. The molecule has 1 saturated heterocycles. The maximum Gasteiger partial charge on any atom is 0.150 e. The molecule has 0 spiro atoms. The molecule has 16 heavy (non-hydrogen) atoms. The average molecular weight is 220 g/mol. The second-order valence-corrected chi connectivity index (χ2v) is 5.27. The minimum atomic E-state index is 0.141. The van der Waals surface area contributed by atoms with E-state index in [1.165, 1.54) is 0 Å². The van der Waals surface area contributed by atoms with Crippen molar-refractivity contribution in [3.8, 4) is 0 Å². The van der Waals surface area contributed by atoms with Gasteiger partial charge in [-0.05, 0) is 18.8 Å². The van der Waals surface area contributed by atoms with Gasteiger partial charge in [0.05, 0.1) is 5.69 Å². The topological polar surface area (TPSA) is 55.0 Å². The number of nitrogens with zero attached hydrogens (tertiary/aromatic N) is 3. The molecular weight excluding hydrogens is 200 g/mol. The summed E-state index contributed by atoms with van der Waals surface area (Å²) in [5.74, 6) is 1.00. The molecule has 0 radical (unpaired) electrons. The number of anilines is 1. The lowest BCUT2D eigenvalue weighted by molar-refractivity contribution is 0.244. The van der Waals surface area contributed by atoms with Crippen LogP contribution in [0.15, 0.2) is 12.4 Å². The largest absolute Gasteiger partial charge is 0.354 e. The molecule has 0 aromatic carbocycles. The molecular formula is C12H20N4. The fourth-order valence-electron chi connectivity index (χ4n) is 2.27. The maximum atomic E-state index is 6.13. The Balaban J connectivity index is 2.21. The Morgan fingerprint density at radius 1 is 1.38 bits per heavy atom. The lowest BCUT2D eigenvalue weighted by Crippen LogP contribution is -2.52. The highest BCUT2D eigenvalue weighted by molar-refractivity contribution is 5.43. The van der Waals surface area contributed by atoms with Crippen molar-refractivity contribution >= 4 is 5.82 Å². The van der Waals surface area contributed by atoms with Crippen LogP contribution in [-0.2, 0) is 0 Å². The van der Waals surface area contributed by atoms with Crippen molar-refractivity contribution in [2.24, 2.45) is 11.1 Å². The third kappa shape index (κ3) is 2.02. The van der Waals surface area contributed by atoms with Gasteiger partial charge >= 0.3 is 0 Å². The third-order valence-electron chi connectivity index (χ3n) is 3.47. The van der Waals surface area contributed by atoms with Crippen LogP contribution in [0, 0.1) is 12.3 Å². The van der Waals surface area contributed by atoms with E-state index in [1.54, 1.807) is 12.4 Å². The first-order valence-corrected chi connectivity index (χ1v) is 5.79. The fraction of sp³-hybridized carbons (Fsp3) is 0.667. The van der Waals surface area contributed by atoms with E-state index in [0.717, 1.165) is 31.0 Å². The van der Waals surface area contributed by atoms with E-state index in [-0.39, 0.29) is 11.5 Å². The smallest absolute Gasteiger partial charge is 0.150 e. The molecule has 1 atom stereocenters. The number of aromatic nitrogens is 2. The Morgan fingerprint density at radius 3 is 2.69 bits per heavy atom. The lowest BCUT2D eigenvalue weighted by atomic mass is 9.79. The number of piperidine rings is 1. The van der Waals surface area contributed by atoms with Crippen molar-refractivity contribution in [1.82, 2.24) is 9.97 Å². The van der Waals surface area contributed by atoms with E-state index in [0.29, 0.717) is 0 Å². The Kier molecular flexibility index (Phi) is 2.84. The Morgan fingerprint density at radius 2 is 2.06 bits per heavy atom. The van der Waals surface area contributed by atoms with E-state index in [9.17, 15) is 0 Å². The molecule has 1 unspecified atom stereocenters. The minimum absolute atomic E-state index is 0.141. The van der Waals surface area contributed by atoms with E-state index < -0.39 is 0 Å². The van der Waals surface area contributed by atoms with Gasteiger partial charge in [0.15, 0.2) is 0 Å². The van der Waals surface area contributed by atoms with E-state index in [1.807, 2.05) is 6.92 Å². The molecule has 1 aliphatic rings. The highest BCUT2D eigenvalue weighted by atomic mass is 15.2. The van der Waals surface area contributed by atoms with Gasteiger partial charge in [0.25, 0.3) is 0 Å². The van der Waals surface area contributed by atoms with Crippen LogP contribution in [0.5, 0.6) is 0 Å². The Labute approximate surface area is 96.9 Å². The van der Waals surface area contributed by atoms with Crippen LogP contribution in [0.4, 0.5) is 5.82 Å². The van der Waals surface area contributed by atoms with Gasteiger partial charge in [-0.3, -0.25) is 4.98 Å². The second-order valence-electron chi connectivity index (χ2n) is 5.27. The summed E-state index contributed by atoms with van der Waals surface area (Å²) in [6, 6.07) is 0.278. The summed E-state index contributed by atoms with van der Waals surface area (Å²) in [6.07, 6.45) is 4.51. The first kappa shape index (κ1) is 11.3. The molecule has 2 rings (SSSR count). The van der Waals surface area contributed by atoms with Crippen LogP contribution in [0.1, 0.15) is 26.0 Å². The first-order chi connectivity index (χ1) is 7.50. The lowest BCUT2D eigenvalue weighted by Gasteiger charge is -2.43. The van der Waals surface area contributed by atoms with E-state index in [2.05, 4.69) is 28.7 Å². The summed E-state index contributed by atoms with van der Waals surface area (Å²) in [5, 5.41) is 0. The zero-order valence-corrected chi connectivity index (χ0v) is 10.3. The summed E-state index contributed by atoms with van der Waals surface area (Å²) in [5.41, 5.74) is 7.26. The van der Waals surface area contributed by atoms with Gasteiger partial charge in [-0.25, -0.2) is 4.98 Å². The van der Waals surface area contributed by atoms with Crippen LogP contribution in [0.3, 0.4) is 0 Å². The van der Waals surface area contributed by atoms with Gasteiger partial charge in [0.2, 0.25) is 0 Å². The Bertz CT molecular complexity index is 375. The van der Waals surface area contributed by atoms with Gasteiger partial charge in [0, 0.05) is 31.5 Å². The van der Waals surface area contributed by atoms with Gasteiger partial charge in [0.1, 0.15) is 5.82 Å². The number of nitrogens with two attached hydrogens (primary N) is 1. The van der Waals surface area contributed by atoms with Crippen LogP contribution < -0.4 is 10.6 Å². The number of aryl methyl sites for hydroxylation is 1. The number of hydrogen-bond donors (Lipinski definition) is 1. The second kappa shape index (κ2) is 4.01. The summed E-state index contributed by atoms with van der Waals surface area (Å²) >= 11 is 0. The zero-order valence-electron chi connectivity index (χ0n) is 10.3. The monoisotopic (exact) mass is 220 g/mol. The SMILES string of the molecule is Cc1nccnc1N1CCC(N)C(C)(C)C1. The standard InChI is InChI=1S/C12H20N4/c1-9-11(15-6-5-14-9)16-7-4-10(13)12(2,3)8-16/h5-6,10H,4,7-8,13H2,1-3H3. The van der Waals surface area contributed by atoms with Gasteiger partial charge in [-0.1, -0.05) is 13.8 Å². The van der Waals surface area contributed by atoms with Crippen LogP contribution in [0.2, 0.25) is 0 Å². The molecule has 0 aliphatic carbocycles. The van der Waals surface area contributed by atoms with Crippen molar-refractivity contribution < 1.29 is 0 Å². The molecule has 4 nitrogen and oxygen atoms in total. The van der Waals surface area contributed by atoms with Gasteiger partial charge in [-0.15, -0.1) is 0 Å². The molecule has 0 amide bonds. The number of rotatable bonds is 1. The fourth-order valence-corrected chi connectivity index (χ4v) is 2.27. The molecule has 2 heterocycles. The van der Waals surface area contributed by atoms with Crippen molar-refractivity contribution in [2.75, 3.05) is 18.0 Å². The molecule has 1 aromatic rings. The summed E-state index contributed by atoms with van der Waals surface area (Å²) < 4.78 is 0. The quantitative estimate of drug-likeness (QED) is 0.776. The first-order valence-electron chi connectivity index (χ1n) is 5.79. The predicted octanol–water partition coefficient (Wildman–Crippen LogP) is 1.35. The Hall–Kier alpha value is -1.16. The third-order valence-corrected chi connectivity index (χ3v) is 3.47. The number of hydrogen-bond acceptors (Lipinski definition) is 4. The molecule has 2 N–H and O–H groups in total. The predicted molar refractivity (Wildman–Crippen MR) is 65.4 cm³/mol. The molecule has 88 valence electrons. The highest BCUT2D eigenvalue weighted by Gasteiger charge is 2.34. The molecule has 1 aromatic heterocycles. The molecule has 0 saturated carbocycles. The molecule has 1 aliphatic heterocycles. The van der Waals surface area contributed by atoms with Crippen LogP contribution in [-0.4, -0.2) is 29.1 Å². The van der Waals surface area contributed by atoms with Gasteiger partial charge < -0.3 is 10.6 Å². The van der Waals surface area contributed by atoms with E-state index in [4.69, 9.17) is 5.73 Å². The van der Waals surface area contributed by atoms with Crippen LogP contribution >= 0.6 is 0 Å². The maximum absolute atomic E-state index is 6.13. The van der Waals surface area contributed by atoms with Crippen LogP contribution in [0.25, 0.3) is 0 Å². The molecule has 0 bridgehead atoms.